The highest BCUT2D eigenvalue weighted by molar-refractivity contribution is 8.92. The molecule has 70 heavy (non-hydrogen) atoms. The summed E-state index contributed by atoms with van der Waals surface area (Å²) in [5.41, 5.74) is 0. The number of rotatable bonds is 48. The summed E-state index contributed by atoms with van der Waals surface area (Å²) in [6.07, 6.45) is 19.2. The van der Waals surface area contributed by atoms with Crippen molar-refractivity contribution in [1.29, 1.82) is 0 Å². The lowest BCUT2D eigenvalue weighted by Crippen LogP contribution is -2.40. The van der Waals surface area contributed by atoms with Crippen molar-refractivity contribution >= 4 is 106 Å². The molecule has 1 heterocycles. The number of hydrogen-bond donors (Lipinski definition) is 7. The van der Waals surface area contributed by atoms with Gasteiger partial charge in [0.2, 0.25) is 11.8 Å². The molecule has 1 aliphatic heterocycles. The molecule has 0 saturated carbocycles. The Morgan fingerprint density at radius 3 is 1.67 bits per heavy atom. The summed E-state index contributed by atoms with van der Waals surface area (Å²) in [5, 5.41) is 47.2. The summed E-state index contributed by atoms with van der Waals surface area (Å²) in [6.45, 7) is 1.60. The molecule has 2 amide bonds. The Morgan fingerprint density at radius 2 is 1.04 bits per heavy atom. The van der Waals surface area contributed by atoms with Crippen LogP contribution in [0, 0.1) is 5.92 Å². The molecule has 0 bridgehead atoms. The zero-order chi connectivity index (χ0) is 51.3. The van der Waals surface area contributed by atoms with Crippen molar-refractivity contribution in [2.24, 2.45) is 5.92 Å². The monoisotopic (exact) mass is 1110 g/mol. The Balaban J connectivity index is 1.94. The van der Waals surface area contributed by atoms with Crippen molar-refractivity contribution < 1.29 is 72.9 Å². The van der Waals surface area contributed by atoms with Crippen molar-refractivity contribution in [1.82, 2.24) is 16.0 Å². The quantitative estimate of drug-likeness (QED) is 0.0223. The number of unbranched alkanes of at least 4 members (excludes halogenated alkanes) is 14. The number of nitrogens with one attached hydrogen (secondary N) is 3. The summed E-state index contributed by atoms with van der Waals surface area (Å²) in [6, 6.07) is -0.793. The number of aliphatic hydroxyl groups excluding tert-OH is 1. The molecule has 0 radical (unpaired) electrons. The van der Waals surface area contributed by atoms with Gasteiger partial charge in [0.25, 0.3) is 0 Å². The molecule has 1 fully saturated rings. The van der Waals surface area contributed by atoms with Crippen LogP contribution in [0.15, 0.2) is 0 Å². The van der Waals surface area contributed by atoms with Gasteiger partial charge in [-0.2, -0.15) is 0 Å². The number of aliphatic hydroxyl groups is 1. The van der Waals surface area contributed by atoms with E-state index >= 15 is 0 Å². The fraction of sp³-hybridized carbons (Fsp3) is 0.848. The van der Waals surface area contributed by atoms with Gasteiger partial charge in [-0.25, -0.2) is 0 Å². The molecule has 4 atom stereocenters. The normalized spacial score (nSPS) is 16.1. The number of ether oxygens (including phenoxy) is 4. The number of hydrogen-bond acceptors (Lipinski definition) is 19. The molecule has 0 aromatic rings. The molecule has 1 saturated heterocycles. The number of carboxylic acids is 3. The summed E-state index contributed by atoms with van der Waals surface area (Å²) in [4.78, 5) is 83.1. The van der Waals surface area contributed by atoms with E-state index < -0.39 is 40.4 Å². The Hall–Kier alpha value is -1.45. The molecule has 0 aromatic heterocycles. The molecular formula is C46H81N3O15S6. The lowest BCUT2D eigenvalue weighted by molar-refractivity contribution is -0.145. The van der Waals surface area contributed by atoms with E-state index in [0.29, 0.717) is 58.3 Å². The predicted octanol–water partition coefficient (Wildman–Crippen LogP) is 8.29. The topological polar surface area (TPSA) is 273 Å². The van der Waals surface area contributed by atoms with Gasteiger partial charge in [-0.1, -0.05) is 120 Å². The fourth-order valence-electron chi connectivity index (χ4n) is 6.89. The number of amides is 2. The minimum absolute atomic E-state index is 0.0270. The predicted molar refractivity (Wildman–Crippen MR) is 284 cm³/mol. The maximum atomic E-state index is 12.4. The van der Waals surface area contributed by atoms with E-state index in [2.05, 4.69) is 16.0 Å². The first-order chi connectivity index (χ1) is 33.9. The SMILES string of the molecule is O=C(O)CCCCCCCCCCCCCCCCC(=O)CCCOCCOCC(=O)NCCOCCOCC(=O)C[C@@H](CCC(=O)NCCCC[C@H](NC1SSCSSC(O)SS1)C(=O)O)C(=O)O. The maximum Gasteiger partial charge on any atom is 0.320 e. The highest BCUT2D eigenvalue weighted by Crippen LogP contribution is 2.49. The third kappa shape index (κ3) is 43.0. The number of aliphatic carboxylic acids is 3. The second-order valence-corrected chi connectivity index (χ2v) is 25.1. The first-order valence-electron chi connectivity index (χ1n) is 24.7. The number of carbonyl (C=O) groups excluding carboxylic acids is 4. The van der Waals surface area contributed by atoms with Crippen LogP contribution >= 0.6 is 64.8 Å². The Morgan fingerprint density at radius 1 is 0.486 bits per heavy atom. The van der Waals surface area contributed by atoms with Gasteiger partial charge >= 0.3 is 17.9 Å². The van der Waals surface area contributed by atoms with Gasteiger partial charge < -0.3 is 50.0 Å². The zero-order valence-electron chi connectivity index (χ0n) is 40.8. The Kier molecular flexibility index (Phi) is 45.0. The van der Waals surface area contributed by atoms with Crippen molar-refractivity contribution in [3.63, 3.8) is 0 Å². The van der Waals surface area contributed by atoms with Gasteiger partial charge in [0.1, 0.15) is 29.7 Å². The van der Waals surface area contributed by atoms with Gasteiger partial charge in [-0.05, 0) is 66.5 Å². The summed E-state index contributed by atoms with van der Waals surface area (Å²) < 4.78 is 20.7. The van der Waals surface area contributed by atoms with Crippen LogP contribution in [0.3, 0.4) is 0 Å². The molecule has 2 unspecified atom stereocenters. The van der Waals surface area contributed by atoms with Crippen LogP contribution in [0.1, 0.15) is 154 Å². The average Bonchev–Trinajstić information content (AvgIpc) is 3.42. The maximum absolute atomic E-state index is 12.4. The van der Waals surface area contributed by atoms with E-state index in [1.54, 1.807) is 21.6 Å². The first-order valence-corrected chi connectivity index (χ1v) is 31.8. The van der Waals surface area contributed by atoms with E-state index in [4.69, 9.17) is 24.1 Å². The molecule has 1 aliphatic rings. The highest BCUT2D eigenvalue weighted by Gasteiger charge is 2.25. The van der Waals surface area contributed by atoms with Crippen LogP contribution in [-0.4, -0.2) is 148 Å². The molecule has 24 heteroatoms. The molecule has 7 N–H and O–H groups in total. The van der Waals surface area contributed by atoms with Crippen LogP contribution in [-0.2, 0) is 52.5 Å². The van der Waals surface area contributed by atoms with E-state index in [1.165, 1.54) is 101 Å². The van der Waals surface area contributed by atoms with Crippen LogP contribution in [0.2, 0.25) is 0 Å². The largest absolute Gasteiger partial charge is 0.481 e. The zero-order valence-corrected chi connectivity index (χ0v) is 45.7. The minimum Gasteiger partial charge on any atom is -0.481 e. The van der Waals surface area contributed by atoms with E-state index in [1.807, 2.05) is 0 Å². The molecule has 18 nitrogen and oxygen atoms in total. The lowest BCUT2D eigenvalue weighted by Gasteiger charge is -2.21. The highest BCUT2D eigenvalue weighted by atomic mass is 33.2. The fourth-order valence-corrected chi connectivity index (χ4v) is 16.8. The summed E-state index contributed by atoms with van der Waals surface area (Å²) in [7, 11) is 8.68. The second-order valence-electron chi connectivity index (χ2n) is 16.8. The van der Waals surface area contributed by atoms with Gasteiger partial charge in [0.15, 0.2) is 10.6 Å². The van der Waals surface area contributed by atoms with Gasteiger partial charge in [-0.15, -0.1) is 0 Å². The van der Waals surface area contributed by atoms with Crippen LogP contribution in [0.5, 0.6) is 0 Å². The van der Waals surface area contributed by atoms with E-state index in [9.17, 15) is 48.9 Å². The summed E-state index contributed by atoms with van der Waals surface area (Å²) >= 11 is 0. The molecular weight excluding hydrogens is 1030 g/mol. The molecule has 0 spiro atoms. The van der Waals surface area contributed by atoms with Crippen LogP contribution in [0.4, 0.5) is 0 Å². The third-order valence-corrected chi connectivity index (χ3v) is 20.5. The second kappa shape index (κ2) is 47.3. The number of Topliss-reactive ketones (excluding diaryl/α,β-unsaturated/α-hetero) is 2. The number of carbonyl (C=O) groups is 7. The van der Waals surface area contributed by atoms with E-state index in [-0.39, 0.29) is 94.2 Å². The summed E-state index contributed by atoms with van der Waals surface area (Å²) in [5.74, 6) is -4.72. The molecule has 1 rings (SSSR count). The molecule has 0 aliphatic carbocycles. The lowest BCUT2D eigenvalue weighted by atomic mass is 9.97. The Bertz CT molecular complexity index is 1430. The number of carboxylic acid groups (broad SMARTS) is 3. The molecule has 0 aromatic carbocycles. The van der Waals surface area contributed by atoms with E-state index in [0.717, 1.165) is 37.2 Å². The van der Waals surface area contributed by atoms with Crippen LogP contribution < -0.4 is 16.0 Å². The number of ketones is 2. The van der Waals surface area contributed by atoms with Gasteiger partial charge in [0.05, 0.1) is 44.0 Å². The Labute approximate surface area is 439 Å². The van der Waals surface area contributed by atoms with Crippen molar-refractivity contribution in [3.8, 4) is 0 Å². The first kappa shape index (κ1) is 66.6. The third-order valence-electron chi connectivity index (χ3n) is 10.7. The van der Waals surface area contributed by atoms with Gasteiger partial charge in [-0.3, -0.25) is 38.9 Å². The van der Waals surface area contributed by atoms with Crippen molar-refractivity contribution in [3.05, 3.63) is 0 Å². The smallest absolute Gasteiger partial charge is 0.320 e. The molecule has 406 valence electrons. The average molecular weight is 1110 g/mol. The standard InChI is InChI=1S/C46H81N3O15S6/c50-37(18-13-11-9-7-5-3-1-2-4-6-8-10-12-14-21-42(54)55)19-17-26-61-28-31-64-34-41(53)48-25-27-62-29-30-63-33-38(51)32-36(43(56)57)22-23-40(52)47-24-16-15-20-39(44(58)59)49-45-67-65-35-66-69-46(60)70-68-45/h36,39,45-46,49,60H,1-35H2,(H,47,52)(H,48,53)(H,54,55)(H,56,57)(H,58,59)/t36-,39+,45?,46?/m1/s1. The minimum atomic E-state index is -1.18. The van der Waals surface area contributed by atoms with Crippen molar-refractivity contribution in [2.45, 2.75) is 170 Å². The van der Waals surface area contributed by atoms with Crippen molar-refractivity contribution in [2.75, 3.05) is 71.0 Å². The van der Waals surface area contributed by atoms with Crippen LogP contribution in [0.25, 0.3) is 0 Å². The van der Waals surface area contributed by atoms with Gasteiger partial charge in [0, 0.05) is 51.8 Å².